The van der Waals surface area contributed by atoms with Crippen molar-refractivity contribution < 1.29 is 13.5 Å². The van der Waals surface area contributed by atoms with Crippen LogP contribution in [0, 0.1) is 0 Å². The van der Waals surface area contributed by atoms with Gasteiger partial charge >= 0.3 is 6.61 Å². The van der Waals surface area contributed by atoms with Gasteiger partial charge in [-0.1, -0.05) is 6.07 Å². The topological polar surface area (TPSA) is 39.1 Å². The normalized spacial score (nSPS) is 10.7. The van der Waals surface area contributed by atoms with Crippen LogP contribution in [0.15, 0.2) is 36.8 Å². The van der Waals surface area contributed by atoms with Gasteiger partial charge in [0.25, 0.3) is 0 Å². The quantitative estimate of drug-likeness (QED) is 0.874. The number of aryl methyl sites for hydroxylation is 1. The molecule has 4 nitrogen and oxygen atoms in total. The first kappa shape index (κ1) is 13.3. The molecule has 0 saturated heterocycles. The van der Waals surface area contributed by atoms with Crippen LogP contribution in [0.25, 0.3) is 0 Å². The number of aromatic nitrogens is 2. The second kappa shape index (κ2) is 6.17. The van der Waals surface area contributed by atoms with Gasteiger partial charge in [0.15, 0.2) is 0 Å². The molecule has 0 aliphatic carbocycles. The highest BCUT2D eigenvalue weighted by Gasteiger charge is 2.05. The van der Waals surface area contributed by atoms with E-state index in [0.717, 1.165) is 17.9 Å². The van der Waals surface area contributed by atoms with Crippen molar-refractivity contribution in [2.45, 2.75) is 26.6 Å². The van der Waals surface area contributed by atoms with Crippen molar-refractivity contribution in [1.29, 1.82) is 0 Å². The van der Waals surface area contributed by atoms with E-state index in [0.29, 0.717) is 6.54 Å². The molecule has 2 rings (SSSR count). The molecule has 0 spiro atoms. The van der Waals surface area contributed by atoms with Crippen LogP contribution in [0.4, 0.5) is 14.5 Å². The first-order valence-corrected chi connectivity index (χ1v) is 5.96. The summed E-state index contributed by atoms with van der Waals surface area (Å²) in [5.74, 6) is 0.143. The molecule has 0 fully saturated rings. The maximum absolute atomic E-state index is 12.1. The fraction of sp³-hybridized carbons (Fsp3) is 0.308. The van der Waals surface area contributed by atoms with Crippen molar-refractivity contribution in [3.63, 3.8) is 0 Å². The molecule has 0 amide bonds. The molecule has 1 aromatic carbocycles. The fourth-order valence-corrected chi connectivity index (χ4v) is 1.75. The third-order valence-corrected chi connectivity index (χ3v) is 2.67. The van der Waals surface area contributed by atoms with E-state index in [9.17, 15) is 8.78 Å². The molecule has 6 heteroatoms. The Balaban J connectivity index is 1.99. The van der Waals surface area contributed by atoms with Crippen LogP contribution >= 0.6 is 0 Å². The molecule has 0 aliphatic rings. The SMILES string of the molecule is CCn1cncc1CNc1cccc(OC(F)F)c1. The largest absolute Gasteiger partial charge is 0.435 e. The number of hydrogen-bond donors (Lipinski definition) is 1. The summed E-state index contributed by atoms with van der Waals surface area (Å²) in [6, 6.07) is 6.49. The molecule has 19 heavy (non-hydrogen) atoms. The lowest BCUT2D eigenvalue weighted by atomic mass is 10.3. The number of benzene rings is 1. The van der Waals surface area contributed by atoms with Gasteiger partial charge in [-0.2, -0.15) is 8.78 Å². The summed E-state index contributed by atoms with van der Waals surface area (Å²) < 4.78 is 30.6. The Morgan fingerprint density at radius 1 is 1.42 bits per heavy atom. The number of hydrogen-bond acceptors (Lipinski definition) is 3. The maximum atomic E-state index is 12.1. The van der Waals surface area contributed by atoms with Crippen molar-refractivity contribution >= 4 is 5.69 Å². The van der Waals surface area contributed by atoms with Crippen LogP contribution in [0.1, 0.15) is 12.6 Å². The zero-order valence-electron chi connectivity index (χ0n) is 10.5. The van der Waals surface area contributed by atoms with Gasteiger partial charge in [0.1, 0.15) is 5.75 Å². The van der Waals surface area contributed by atoms with E-state index in [2.05, 4.69) is 15.0 Å². The highest BCUT2D eigenvalue weighted by atomic mass is 19.3. The van der Waals surface area contributed by atoms with Crippen molar-refractivity contribution in [2.75, 3.05) is 5.32 Å². The van der Waals surface area contributed by atoms with Gasteiger partial charge in [0.2, 0.25) is 0 Å². The molecule has 0 bridgehead atoms. The van der Waals surface area contributed by atoms with Crippen LogP contribution in [-0.2, 0) is 13.1 Å². The lowest BCUT2D eigenvalue weighted by Crippen LogP contribution is -2.06. The average molecular weight is 267 g/mol. The predicted octanol–water partition coefficient (Wildman–Crippen LogP) is 3.12. The van der Waals surface area contributed by atoms with Gasteiger partial charge < -0.3 is 14.6 Å². The number of rotatable bonds is 6. The zero-order chi connectivity index (χ0) is 13.7. The van der Waals surface area contributed by atoms with Gasteiger partial charge in [-0.3, -0.25) is 0 Å². The second-order valence-electron chi connectivity index (χ2n) is 3.93. The summed E-state index contributed by atoms with van der Waals surface area (Å²) in [7, 11) is 0. The van der Waals surface area contributed by atoms with E-state index < -0.39 is 6.61 Å². The summed E-state index contributed by atoms with van der Waals surface area (Å²) in [5, 5.41) is 3.15. The number of anilines is 1. The third-order valence-electron chi connectivity index (χ3n) is 2.67. The maximum Gasteiger partial charge on any atom is 0.387 e. The first-order chi connectivity index (χ1) is 9.19. The number of halogens is 2. The lowest BCUT2D eigenvalue weighted by molar-refractivity contribution is -0.0498. The van der Waals surface area contributed by atoms with Crippen molar-refractivity contribution in [3.05, 3.63) is 42.5 Å². The minimum absolute atomic E-state index is 0.143. The molecular weight excluding hydrogens is 252 g/mol. The minimum atomic E-state index is -2.81. The molecule has 102 valence electrons. The Hall–Kier alpha value is -2.11. The number of alkyl halides is 2. The van der Waals surface area contributed by atoms with E-state index >= 15 is 0 Å². The Morgan fingerprint density at radius 3 is 3.00 bits per heavy atom. The number of nitrogens with one attached hydrogen (secondary N) is 1. The highest BCUT2D eigenvalue weighted by molar-refractivity contribution is 5.48. The smallest absolute Gasteiger partial charge is 0.387 e. The fourth-order valence-electron chi connectivity index (χ4n) is 1.75. The number of ether oxygens (including phenoxy) is 1. The molecule has 1 N–H and O–H groups in total. The van der Waals surface area contributed by atoms with Gasteiger partial charge in [0.05, 0.1) is 18.6 Å². The van der Waals surface area contributed by atoms with E-state index in [4.69, 9.17) is 0 Å². The second-order valence-corrected chi connectivity index (χ2v) is 3.93. The molecule has 0 saturated carbocycles. The molecule has 0 radical (unpaired) electrons. The van der Waals surface area contributed by atoms with Gasteiger partial charge in [0, 0.05) is 24.5 Å². The van der Waals surface area contributed by atoms with Gasteiger partial charge in [-0.15, -0.1) is 0 Å². The van der Waals surface area contributed by atoms with E-state index in [1.165, 1.54) is 6.07 Å². The van der Waals surface area contributed by atoms with Crippen molar-refractivity contribution in [2.24, 2.45) is 0 Å². The van der Waals surface area contributed by atoms with Gasteiger partial charge in [-0.25, -0.2) is 4.98 Å². The molecule has 1 aromatic heterocycles. The van der Waals surface area contributed by atoms with E-state index in [-0.39, 0.29) is 5.75 Å². The number of nitrogens with zero attached hydrogens (tertiary/aromatic N) is 2. The Kier molecular flexibility index (Phi) is 4.33. The van der Waals surface area contributed by atoms with E-state index in [1.54, 1.807) is 30.7 Å². The van der Waals surface area contributed by atoms with Gasteiger partial charge in [-0.05, 0) is 19.1 Å². The average Bonchev–Trinajstić information content (AvgIpc) is 2.83. The standard InChI is InChI=1S/C13H15F2N3O/c1-2-18-9-16-7-11(18)8-17-10-4-3-5-12(6-10)19-13(14)15/h3-7,9,13,17H,2,8H2,1H3. The zero-order valence-corrected chi connectivity index (χ0v) is 10.5. The molecule has 0 aliphatic heterocycles. The summed E-state index contributed by atoms with van der Waals surface area (Å²) in [6.07, 6.45) is 3.53. The Bertz CT molecular complexity index is 528. The molecule has 0 atom stereocenters. The summed E-state index contributed by atoms with van der Waals surface area (Å²) in [5.41, 5.74) is 1.75. The molecule has 2 aromatic rings. The van der Waals surface area contributed by atoms with E-state index in [1.807, 2.05) is 11.5 Å². The van der Waals surface area contributed by atoms with Crippen LogP contribution in [0.2, 0.25) is 0 Å². The molecule has 0 unspecified atom stereocenters. The number of imidazole rings is 1. The van der Waals surface area contributed by atoms with Crippen LogP contribution in [-0.4, -0.2) is 16.2 Å². The first-order valence-electron chi connectivity index (χ1n) is 5.96. The predicted molar refractivity (Wildman–Crippen MR) is 68.3 cm³/mol. The minimum Gasteiger partial charge on any atom is -0.435 e. The molecular formula is C13H15F2N3O. The summed E-state index contributed by atoms with van der Waals surface area (Å²) >= 11 is 0. The summed E-state index contributed by atoms with van der Waals surface area (Å²) in [6.45, 7) is 0.636. The van der Waals surface area contributed by atoms with Crippen molar-refractivity contribution in [1.82, 2.24) is 9.55 Å². The van der Waals surface area contributed by atoms with Crippen LogP contribution < -0.4 is 10.1 Å². The third kappa shape index (κ3) is 3.67. The highest BCUT2D eigenvalue weighted by Crippen LogP contribution is 2.19. The van der Waals surface area contributed by atoms with Crippen LogP contribution in [0.3, 0.4) is 0 Å². The van der Waals surface area contributed by atoms with Crippen LogP contribution in [0.5, 0.6) is 5.75 Å². The Morgan fingerprint density at radius 2 is 2.26 bits per heavy atom. The summed E-state index contributed by atoms with van der Waals surface area (Å²) in [4.78, 5) is 4.06. The lowest BCUT2D eigenvalue weighted by Gasteiger charge is -2.10. The molecule has 1 heterocycles. The van der Waals surface area contributed by atoms with Crippen molar-refractivity contribution in [3.8, 4) is 5.75 Å². The monoisotopic (exact) mass is 267 g/mol. The Labute approximate surface area is 110 Å².